The van der Waals surface area contributed by atoms with Crippen molar-refractivity contribution in [2.24, 2.45) is 5.73 Å². The molecule has 1 saturated heterocycles. The van der Waals surface area contributed by atoms with Gasteiger partial charge in [0.1, 0.15) is 0 Å². The van der Waals surface area contributed by atoms with Crippen LogP contribution in [0.3, 0.4) is 0 Å². The lowest BCUT2D eigenvalue weighted by molar-refractivity contribution is -0.000756. The third-order valence-corrected chi connectivity index (χ3v) is 3.02. The van der Waals surface area contributed by atoms with Crippen molar-refractivity contribution in [1.29, 1.82) is 0 Å². The first-order valence-corrected chi connectivity index (χ1v) is 6.59. The van der Waals surface area contributed by atoms with E-state index in [2.05, 4.69) is 4.90 Å². The highest BCUT2D eigenvalue weighted by molar-refractivity contribution is 4.72. The van der Waals surface area contributed by atoms with E-state index in [0.29, 0.717) is 25.9 Å². The van der Waals surface area contributed by atoms with Crippen LogP contribution in [0.2, 0.25) is 0 Å². The van der Waals surface area contributed by atoms with Gasteiger partial charge < -0.3 is 25.2 Å². The minimum Gasteiger partial charge on any atom is -0.394 e. The maximum Gasteiger partial charge on any atom is 0.0698 e. The lowest BCUT2D eigenvalue weighted by Gasteiger charge is -2.31. The maximum absolute atomic E-state index is 8.58. The Labute approximate surface area is 104 Å². The van der Waals surface area contributed by atoms with Crippen LogP contribution < -0.4 is 5.73 Å². The van der Waals surface area contributed by atoms with E-state index in [-0.39, 0.29) is 6.61 Å². The molecule has 0 saturated carbocycles. The van der Waals surface area contributed by atoms with Gasteiger partial charge in [0, 0.05) is 26.2 Å². The summed E-state index contributed by atoms with van der Waals surface area (Å²) in [5, 5.41) is 8.58. The van der Waals surface area contributed by atoms with Crippen molar-refractivity contribution >= 4 is 0 Å². The molecule has 0 radical (unpaired) electrons. The number of hydrogen-bond donors (Lipinski definition) is 2. The number of hydrogen-bond acceptors (Lipinski definition) is 5. The summed E-state index contributed by atoms with van der Waals surface area (Å²) in [6.07, 6.45) is 3.57. The Morgan fingerprint density at radius 1 is 1.18 bits per heavy atom. The molecule has 1 aliphatic heterocycles. The van der Waals surface area contributed by atoms with Crippen LogP contribution in [-0.2, 0) is 9.47 Å². The zero-order valence-electron chi connectivity index (χ0n) is 10.6. The molecule has 5 heteroatoms. The number of nitrogens with zero attached hydrogens (tertiary/aromatic N) is 1. The normalized spacial score (nSPS) is 18.7. The van der Waals surface area contributed by atoms with Crippen LogP contribution in [0.15, 0.2) is 0 Å². The standard InChI is InChI=1S/C12H26N2O3/c13-4-1-9-17-12-2-5-14(6-3-12)7-10-16-11-8-15/h12,15H,1-11,13H2. The van der Waals surface area contributed by atoms with Crippen LogP contribution in [0, 0.1) is 0 Å². The molecule has 0 bridgehead atoms. The molecule has 0 atom stereocenters. The Morgan fingerprint density at radius 3 is 2.59 bits per heavy atom. The fourth-order valence-corrected chi connectivity index (χ4v) is 1.99. The first-order valence-electron chi connectivity index (χ1n) is 6.59. The summed E-state index contributed by atoms with van der Waals surface area (Å²) in [6.45, 7) is 5.87. The van der Waals surface area contributed by atoms with E-state index in [9.17, 15) is 0 Å². The average Bonchev–Trinajstić information content (AvgIpc) is 2.37. The fraction of sp³-hybridized carbons (Fsp3) is 1.00. The van der Waals surface area contributed by atoms with Crippen LogP contribution in [-0.4, -0.2) is 68.7 Å². The van der Waals surface area contributed by atoms with Crippen LogP contribution >= 0.6 is 0 Å². The van der Waals surface area contributed by atoms with Crippen molar-refractivity contribution in [2.45, 2.75) is 25.4 Å². The lowest BCUT2D eigenvalue weighted by atomic mass is 10.1. The van der Waals surface area contributed by atoms with Gasteiger partial charge in [0.05, 0.1) is 25.9 Å². The monoisotopic (exact) mass is 246 g/mol. The number of ether oxygens (including phenoxy) is 2. The molecule has 0 aromatic heterocycles. The van der Waals surface area contributed by atoms with E-state index < -0.39 is 0 Å². The smallest absolute Gasteiger partial charge is 0.0698 e. The van der Waals surface area contributed by atoms with Crippen LogP contribution in [0.25, 0.3) is 0 Å². The molecule has 1 fully saturated rings. The Balaban J connectivity index is 1.97. The molecule has 17 heavy (non-hydrogen) atoms. The van der Waals surface area contributed by atoms with E-state index in [1.807, 2.05) is 0 Å². The van der Waals surface area contributed by atoms with Crippen molar-refractivity contribution in [3.05, 3.63) is 0 Å². The van der Waals surface area contributed by atoms with Crippen molar-refractivity contribution < 1.29 is 14.6 Å². The molecule has 0 amide bonds. The van der Waals surface area contributed by atoms with Gasteiger partial charge in [0.2, 0.25) is 0 Å². The largest absolute Gasteiger partial charge is 0.394 e. The first-order chi connectivity index (χ1) is 8.36. The summed E-state index contributed by atoms with van der Waals surface area (Å²) >= 11 is 0. The zero-order chi connectivity index (χ0) is 12.3. The number of aliphatic hydroxyl groups is 1. The van der Waals surface area contributed by atoms with Gasteiger partial charge in [0.15, 0.2) is 0 Å². The highest BCUT2D eigenvalue weighted by Gasteiger charge is 2.18. The Morgan fingerprint density at radius 2 is 1.94 bits per heavy atom. The van der Waals surface area contributed by atoms with E-state index in [4.69, 9.17) is 20.3 Å². The van der Waals surface area contributed by atoms with E-state index >= 15 is 0 Å². The molecule has 1 heterocycles. The van der Waals surface area contributed by atoms with Crippen molar-refractivity contribution in [1.82, 2.24) is 4.90 Å². The molecular formula is C12H26N2O3. The topological polar surface area (TPSA) is 68.0 Å². The SMILES string of the molecule is NCCCOC1CCN(CCOCCO)CC1. The second-order valence-electron chi connectivity index (χ2n) is 4.39. The fourth-order valence-electron chi connectivity index (χ4n) is 1.99. The molecule has 0 unspecified atom stereocenters. The molecule has 0 aliphatic carbocycles. The molecule has 3 N–H and O–H groups in total. The zero-order valence-corrected chi connectivity index (χ0v) is 10.6. The molecular weight excluding hydrogens is 220 g/mol. The van der Waals surface area contributed by atoms with Gasteiger partial charge in [-0.2, -0.15) is 0 Å². The minimum absolute atomic E-state index is 0.108. The summed E-state index contributed by atoms with van der Waals surface area (Å²) in [6, 6.07) is 0. The Hall–Kier alpha value is -0.200. The van der Waals surface area contributed by atoms with Gasteiger partial charge in [-0.3, -0.25) is 0 Å². The van der Waals surface area contributed by atoms with Gasteiger partial charge in [-0.05, 0) is 25.8 Å². The first kappa shape index (κ1) is 14.9. The van der Waals surface area contributed by atoms with Gasteiger partial charge in [-0.25, -0.2) is 0 Å². The predicted octanol–water partition coefficient (Wildman–Crippen LogP) is -0.175. The van der Waals surface area contributed by atoms with E-state index in [0.717, 1.165) is 45.5 Å². The van der Waals surface area contributed by atoms with Crippen LogP contribution in [0.4, 0.5) is 0 Å². The van der Waals surface area contributed by atoms with Crippen molar-refractivity contribution in [3.63, 3.8) is 0 Å². The quantitative estimate of drug-likeness (QED) is 0.553. The Bertz CT molecular complexity index is 173. The number of rotatable bonds is 9. The van der Waals surface area contributed by atoms with E-state index in [1.165, 1.54) is 0 Å². The average molecular weight is 246 g/mol. The van der Waals surface area contributed by atoms with Crippen molar-refractivity contribution in [2.75, 3.05) is 52.6 Å². The van der Waals surface area contributed by atoms with Crippen LogP contribution in [0.5, 0.6) is 0 Å². The highest BCUT2D eigenvalue weighted by atomic mass is 16.5. The number of nitrogens with two attached hydrogens (primary N) is 1. The number of piperidine rings is 1. The molecule has 5 nitrogen and oxygen atoms in total. The van der Waals surface area contributed by atoms with Crippen molar-refractivity contribution in [3.8, 4) is 0 Å². The molecule has 1 aliphatic rings. The lowest BCUT2D eigenvalue weighted by Crippen LogP contribution is -2.39. The predicted molar refractivity (Wildman–Crippen MR) is 67.0 cm³/mol. The van der Waals surface area contributed by atoms with Crippen LogP contribution in [0.1, 0.15) is 19.3 Å². The maximum atomic E-state index is 8.58. The highest BCUT2D eigenvalue weighted by Crippen LogP contribution is 2.13. The second kappa shape index (κ2) is 9.79. The Kier molecular flexibility index (Phi) is 8.56. The summed E-state index contributed by atoms with van der Waals surface area (Å²) in [5.41, 5.74) is 5.43. The summed E-state index contributed by atoms with van der Waals surface area (Å²) in [5.74, 6) is 0. The molecule has 1 rings (SSSR count). The summed E-state index contributed by atoms with van der Waals surface area (Å²) in [7, 11) is 0. The molecule has 102 valence electrons. The van der Waals surface area contributed by atoms with E-state index in [1.54, 1.807) is 0 Å². The number of aliphatic hydroxyl groups excluding tert-OH is 1. The number of likely N-dealkylation sites (tertiary alicyclic amines) is 1. The third-order valence-electron chi connectivity index (χ3n) is 3.02. The molecule has 0 spiro atoms. The minimum atomic E-state index is 0.108. The van der Waals surface area contributed by atoms with Gasteiger partial charge in [0.25, 0.3) is 0 Å². The summed E-state index contributed by atoms with van der Waals surface area (Å²) in [4.78, 5) is 2.39. The molecule has 0 aromatic rings. The second-order valence-corrected chi connectivity index (χ2v) is 4.39. The van der Waals surface area contributed by atoms with Gasteiger partial charge in [-0.1, -0.05) is 0 Å². The summed E-state index contributed by atoms with van der Waals surface area (Å²) < 4.78 is 11.0. The van der Waals surface area contributed by atoms with Gasteiger partial charge >= 0.3 is 0 Å². The third kappa shape index (κ3) is 6.95. The molecule has 0 aromatic carbocycles. The van der Waals surface area contributed by atoms with Gasteiger partial charge in [-0.15, -0.1) is 0 Å².